The summed E-state index contributed by atoms with van der Waals surface area (Å²) in [5.41, 5.74) is 0. The van der Waals surface area contributed by atoms with Crippen molar-refractivity contribution in [3.63, 3.8) is 0 Å². The van der Waals surface area contributed by atoms with Gasteiger partial charge in [0.1, 0.15) is 0 Å². The second-order valence-electron chi connectivity index (χ2n) is 7.25. The van der Waals surface area contributed by atoms with Gasteiger partial charge in [-0.2, -0.15) is 4.98 Å². The Morgan fingerprint density at radius 1 is 1.12 bits per heavy atom. The molecule has 3 heterocycles. The summed E-state index contributed by atoms with van der Waals surface area (Å²) in [7, 11) is 0. The lowest BCUT2D eigenvalue weighted by molar-refractivity contribution is 0.147. The Hall–Kier alpha value is -1.36. The van der Waals surface area contributed by atoms with E-state index in [4.69, 9.17) is 4.74 Å². The first kappa shape index (κ1) is 17.5. The summed E-state index contributed by atoms with van der Waals surface area (Å²) in [6, 6.07) is 0.787. The molecule has 0 saturated carbocycles. The average Bonchev–Trinajstić information content (AvgIpc) is 2.62. The Bertz CT molecular complexity index is 502. The zero-order chi connectivity index (χ0) is 16.8. The Balaban J connectivity index is 1.44. The van der Waals surface area contributed by atoms with Gasteiger partial charge in [0.25, 0.3) is 0 Å². The highest BCUT2D eigenvalue weighted by Crippen LogP contribution is 2.26. The quantitative estimate of drug-likeness (QED) is 0.799. The molecule has 0 aliphatic carbocycles. The first-order chi connectivity index (χ1) is 11.8. The fraction of sp³-hybridized carbons (Fsp3) is 0.789. The predicted molar refractivity (Wildman–Crippen MR) is 97.6 cm³/mol. The molecule has 5 heteroatoms. The first-order valence-electron chi connectivity index (χ1n) is 9.70. The van der Waals surface area contributed by atoms with Gasteiger partial charge in [-0.15, -0.1) is 0 Å². The van der Waals surface area contributed by atoms with Crippen LogP contribution in [0.3, 0.4) is 0 Å². The van der Waals surface area contributed by atoms with E-state index in [9.17, 15) is 0 Å². The molecule has 2 aliphatic rings. The minimum absolute atomic E-state index is 0.634. The van der Waals surface area contributed by atoms with Crippen molar-refractivity contribution in [3.8, 4) is 5.88 Å². The summed E-state index contributed by atoms with van der Waals surface area (Å²) in [5.74, 6) is 2.46. The highest BCUT2D eigenvalue weighted by Gasteiger charge is 2.23. The van der Waals surface area contributed by atoms with Crippen molar-refractivity contribution in [2.24, 2.45) is 5.92 Å². The maximum atomic E-state index is 5.47. The summed E-state index contributed by atoms with van der Waals surface area (Å²) in [5, 5.41) is 0. The van der Waals surface area contributed by atoms with Gasteiger partial charge in [-0.05, 0) is 65.0 Å². The summed E-state index contributed by atoms with van der Waals surface area (Å²) >= 11 is 0. The SMILES string of the molecule is CCOc1cncc(N2CCC(CCN3CCCCC3C)CC2)n1. The standard InChI is InChI=1S/C19H32N4O/c1-3-24-19-15-20-14-18(21-19)23-12-8-17(9-13-23)7-11-22-10-5-4-6-16(22)2/h14-17H,3-13H2,1-2H3. The van der Waals surface area contributed by atoms with Crippen molar-refractivity contribution in [2.75, 3.05) is 37.7 Å². The van der Waals surface area contributed by atoms with Gasteiger partial charge in [-0.1, -0.05) is 6.42 Å². The second-order valence-corrected chi connectivity index (χ2v) is 7.25. The van der Waals surface area contributed by atoms with Crippen molar-refractivity contribution in [1.82, 2.24) is 14.9 Å². The fourth-order valence-corrected chi connectivity index (χ4v) is 4.00. The summed E-state index contributed by atoms with van der Waals surface area (Å²) < 4.78 is 5.47. The van der Waals surface area contributed by atoms with Crippen molar-refractivity contribution in [2.45, 2.75) is 58.4 Å². The van der Waals surface area contributed by atoms with Crippen LogP contribution < -0.4 is 9.64 Å². The van der Waals surface area contributed by atoms with E-state index in [-0.39, 0.29) is 0 Å². The molecular weight excluding hydrogens is 300 g/mol. The number of rotatable bonds is 6. The zero-order valence-corrected chi connectivity index (χ0v) is 15.3. The van der Waals surface area contributed by atoms with Crippen LogP contribution >= 0.6 is 0 Å². The van der Waals surface area contributed by atoms with Crippen molar-refractivity contribution in [1.29, 1.82) is 0 Å². The smallest absolute Gasteiger partial charge is 0.234 e. The zero-order valence-electron chi connectivity index (χ0n) is 15.3. The average molecular weight is 332 g/mol. The van der Waals surface area contributed by atoms with Gasteiger partial charge in [-0.25, -0.2) is 0 Å². The molecule has 1 aromatic rings. The van der Waals surface area contributed by atoms with Crippen LogP contribution in [0.5, 0.6) is 5.88 Å². The van der Waals surface area contributed by atoms with E-state index >= 15 is 0 Å². The molecule has 0 bridgehead atoms. The van der Waals surface area contributed by atoms with Gasteiger partial charge in [0.15, 0.2) is 5.82 Å². The Morgan fingerprint density at radius 2 is 1.96 bits per heavy atom. The summed E-state index contributed by atoms with van der Waals surface area (Å²) in [6.45, 7) is 9.77. The van der Waals surface area contributed by atoms with Crippen LogP contribution in [0.4, 0.5) is 5.82 Å². The van der Waals surface area contributed by atoms with E-state index < -0.39 is 0 Å². The Labute approximate surface area is 146 Å². The fourth-order valence-electron chi connectivity index (χ4n) is 4.00. The molecular formula is C19H32N4O. The molecule has 0 amide bonds. The third-order valence-corrected chi connectivity index (χ3v) is 5.60. The predicted octanol–water partition coefficient (Wildman–Crippen LogP) is 3.36. The number of ether oxygens (including phenoxy) is 1. The number of hydrogen-bond donors (Lipinski definition) is 0. The van der Waals surface area contributed by atoms with Gasteiger partial charge < -0.3 is 14.5 Å². The largest absolute Gasteiger partial charge is 0.477 e. The van der Waals surface area contributed by atoms with Gasteiger partial charge in [0.05, 0.1) is 19.0 Å². The summed E-state index contributed by atoms with van der Waals surface area (Å²) in [4.78, 5) is 13.9. The van der Waals surface area contributed by atoms with E-state index in [1.807, 2.05) is 13.1 Å². The maximum Gasteiger partial charge on any atom is 0.234 e. The van der Waals surface area contributed by atoms with Crippen LogP contribution in [-0.2, 0) is 0 Å². The molecule has 0 N–H and O–H groups in total. The van der Waals surface area contributed by atoms with Gasteiger partial charge >= 0.3 is 0 Å². The van der Waals surface area contributed by atoms with E-state index in [0.29, 0.717) is 12.5 Å². The third-order valence-electron chi connectivity index (χ3n) is 5.60. The Morgan fingerprint density at radius 3 is 2.71 bits per heavy atom. The normalized spacial score (nSPS) is 23.4. The second kappa shape index (κ2) is 8.65. The van der Waals surface area contributed by atoms with Gasteiger partial charge in [-0.3, -0.25) is 4.98 Å². The highest BCUT2D eigenvalue weighted by atomic mass is 16.5. The minimum Gasteiger partial charge on any atom is -0.477 e. The molecule has 2 fully saturated rings. The lowest BCUT2D eigenvalue weighted by Crippen LogP contribution is -2.40. The maximum absolute atomic E-state index is 5.47. The molecule has 2 saturated heterocycles. The molecule has 2 aliphatic heterocycles. The molecule has 1 atom stereocenters. The number of anilines is 1. The lowest BCUT2D eigenvalue weighted by Gasteiger charge is -2.36. The molecule has 1 aromatic heterocycles. The van der Waals surface area contributed by atoms with Crippen LogP contribution in [0.25, 0.3) is 0 Å². The molecule has 3 rings (SSSR count). The van der Waals surface area contributed by atoms with Crippen LogP contribution in [0.2, 0.25) is 0 Å². The molecule has 0 radical (unpaired) electrons. The number of hydrogen-bond acceptors (Lipinski definition) is 5. The molecule has 24 heavy (non-hydrogen) atoms. The summed E-state index contributed by atoms with van der Waals surface area (Å²) in [6.07, 6.45) is 11.6. The van der Waals surface area contributed by atoms with Gasteiger partial charge in [0.2, 0.25) is 5.88 Å². The molecule has 0 aromatic carbocycles. The van der Waals surface area contributed by atoms with E-state index in [1.54, 1.807) is 6.20 Å². The number of aromatic nitrogens is 2. The number of likely N-dealkylation sites (tertiary alicyclic amines) is 1. The van der Waals surface area contributed by atoms with Crippen LogP contribution in [-0.4, -0.2) is 53.7 Å². The van der Waals surface area contributed by atoms with E-state index in [0.717, 1.165) is 30.9 Å². The molecule has 134 valence electrons. The minimum atomic E-state index is 0.634. The highest BCUT2D eigenvalue weighted by molar-refractivity contribution is 5.37. The number of piperidine rings is 2. The lowest BCUT2D eigenvalue weighted by atomic mass is 9.92. The number of nitrogens with zero attached hydrogens (tertiary/aromatic N) is 4. The van der Waals surface area contributed by atoms with Crippen molar-refractivity contribution < 1.29 is 4.74 Å². The van der Waals surface area contributed by atoms with Crippen molar-refractivity contribution in [3.05, 3.63) is 12.4 Å². The molecule has 5 nitrogen and oxygen atoms in total. The molecule has 1 unspecified atom stereocenters. The van der Waals surface area contributed by atoms with E-state index in [2.05, 4.69) is 26.7 Å². The third kappa shape index (κ3) is 4.59. The van der Waals surface area contributed by atoms with Crippen LogP contribution in [0.1, 0.15) is 52.4 Å². The first-order valence-corrected chi connectivity index (χ1v) is 9.70. The van der Waals surface area contributed by atoms with Crippen molar-refractivity contribution >= 4 is 5.82 Å². The topological polar surface area (TPSA) is 41.5 Å². The Kier molecular flexibility index (Phi) is 6.30. The van der Waals surface area contributed by atoms with Gasteiger partial charge in [0, 0.05) is 19.1 Å². The van der Waals surface area contributed by atoms with Crippen LogP contribution in [0, 0.1) is 5.92 Å². The molecule has 0 spiro atoms. The monoisotopic (exact) mass is 332 g/mol. The van der Waals surface area contributed by atoms with Crippen LogP contribution in [0.15, 0.2) is 12.4 Å². The van der Waals surface area contributed by atoms with E-state index in [1.165, 1.54) is 51.6 Å².